The maximum absolute atomic E-state index is 12.3. The Labute approximate surface area is 213 Å². The number of carbonyl (C=O) groups is 3. The highest BCUT2D eigenvalue weighted by Gasteiger charge is 2.33. The number of carboxylic acid groups (broad SMARTS) is 2. The van der Waals surface area contributed by atoms with Gasteiger partial charge in [0.2, 0.25) is 0 Å². The van der Waals surface area contributed by atoms with Gasteiger partial charge in [-0.3, -0.25) is 19.3 Å². The van der Waals surface area contributed by atoms with Crippen molar-refractivity contribution in [1.29, 1.82) is 0 Å². The monoisotopic (exact) mass is 540 g/mol. The second-order valence-electron chi connectivity index (χ2n) is 6.65. The number of nitrogens with zero attached hydrogens (tertiary/aromatic N) is 2. The molecule has 0 saturated carbocycles. The molecule has 2 heterocycles. The lowest BCUT2D eigenvalue weighted by Gasteiger charge is -2.20. The lowest BCUT2D eigenvalue weighted by molar-refractivity contribution is -0.140. The Morgan fingerprint density at radius 2 is 1.70 bits per heavy atom. The van der Waals surface area contributed by atoms with Gasteiger partial charge in [-0.25, -0.2) is 0 Å². The number of benzene rings is 1. The summed E-state index contributed by atoms with van der Waals surface area (Å²) in [5.41, 5.74) is 0.984. The molecule has 0 spiro atoms. The zero-order chi connectivity index (χ0) is 24.1. The molecule has 2 N–H and O–H groups in total. The molecule has 174 valence electrons. The Balaban J connectivity index is 1.82. The van der Waals surface area contributed by atoms with Crippen LogP contribution in [0, 0.1) is 0 Å². The Bertz CT molecular complexity index is 1100. The Kier molecular flexibility index (Phi) is 8.99. The number of carbonyl (C=O) groups excluding carboxylic acids is 1. The minimum Gasteiger partial charge on any atom is -0.481 e. The molecule has 1 amide bonds. The molecule has 0 bridgehead atoms. The summed E-state index contributed by atoms with van der Waals surface area (Å²) in [5.74, 6) is -2.41. The summed E-state index contributed by atoms with van der Waals surface area (Å²) < 4.78 is 0.219. The molecule has 2 aliphatic heterocycles. The average Bonchev–Trinajstić information content (AvgIpc) is 3.24. The fourth-order valence-electron chi connectivity index (χ4n) is 3.06. The van der Waals surface area contributed by atoms with Crippen LogP contribution in [-0.4, -0.2) is 62.9 Å². The molecule has 1 fully saturated rings. The minimum absolute atomic E-state index is 0.00594. The third-order valence-corrected chi connectivity index (χ3v) is 8.74. The molecule has 1 aromatic carbocycles. The van der Waals surface area contributed by atoms with E-state index in [9.17, 15) is 19.5 Å². The van der Waals surface area contributed by atoms with Crippen LogP contribution in [0.25, 0.3) is 0 Å². The van der Waals surface area contributed by atoms with E-state index in [0.29, 0.717) is 11.4 Å². The van der Waals surface area contributed by atoms with E-state index in [1.165, 1.54) is 4.90 Å². The van der Waals surface area contributed by atoms with Gasteiger partial charge in [-0.1, -0.05) is 47.9 Å². The fourth-order valence-corrected chi connectivity index (χ4v) is 6.95. The van der Waals surface area contributed by atoms with Gasteiger partial charge in [0.1, 0.15) is 10.9 Å². The van der Waals surface area contributed by atoms with Crippen LogP contribution < -0.4 is 4.90 Å². The van der Waals surface area contributed by atoms with Crippen LogP contribution in [0.15, 0.2) is 61.1 Å². The molecule has 0 unspecified atom stereocenters. The quantitative estimate of drug-likeness (QED) is 0.258. The van der Waals surface area contributed by atoms with Crippen molar-refractivity contribution in [3.8, 4) is 0 Å². The SMILES string of the molecule is CSc1cc2c(cc1SC)N(CCC(=O)O)C(=CC=CC=C1SC(=S)N(CC(=O)O)C1=O)S2. The van der Waals surface area contributed by atoms with Gasteiger partial charge >= 0.3 is 11.9 Å². The number of anilines is 1. The van der Waals surface area contributed by atoms with Crippen molar-refractivity contribution in [3.05, 3.63) is 46.4 Å². The Morgan fingerprint density at radius 3 is 2.33 bits per heavy atom. The fraction of sp³-hybridized carbons (Fsp3) is 0.238. The summed E-state index contributed by atoms with van der Waals surface area (Å²) in [7, 11) is 0. The minimum atomic E-state index is -1.12. The van der Waals surface area contributed by atoms with Crippen molar-refractivity contribution in [2.24, 2.45) is 0 Å². The highest BCUT2D eigenvalue weighted by molar-refractivity contribution is 8.26. The van der Waals surface area contributed by atoms with Crippen molar-refractivity contribution in [3.63, 3.8) is 0 Å². The first-order valence-corrected chi connectivity index (χ1v) is 14.0. The average molecular weight is 541 g/mol. The van der Waals surface area contributed by atoms with Crippen LogP contribution in [0.5, 0.6) is 0 Å². The molecular formula is C21H20N2O5S5. The molecule has 2 aliphatic rings. The van der Waals surface area contributed by atoms with Crippen LogP contribution in [0.3, 0.4) is 0 Å². The maximum Gasteiger partial charge on any atom is 0.323 e. The second kappa shape index (κ2) is 11.5. The van der Waals surface area contributed by atoms with Gasteiger partial charge in [0.15, 0.2) is 0 Å². The highest BCUT2D eigenvalue weighted by atomic mass is 32.2. The third-order valence-electron chi connectivity index (χ3n) is 4.55. The van der Waals surface area contributed by atoms with Crippen molar-refractivity contribution in [1.82, 2.24) is 4.90 Å². The predicted molar refractivity (Wildman–Crippen MR) is 140 cm³/mol. The van der Waals surface area contributed by atoms with Crippen LogP contribution in [0.2, 0.25) is 0 Å². The number of aliphatic carboxylic acids is 2. The largest absolute Gasteiger partial charge is 0.481 e. The molecule has 12 heteroatoms. The van der Waals surface area contributed by atoms with E-state index >= 15 is 0 Å². The summed E-state index contributed by atoms with van der Waals surface area (Å²) in [6.45, 7) is -0.117. The van der Waals surface area contributed by atoms with Crippen LogP contribution in [0.4, 0.5) is 5.69 Å². The first kappa shape index (κ1) is 25.8. The van der Waals surface area contributed by atoms with Crippen LogP contribution in [-0.2, 0) is 14.4 Å². The van der Waals surface area contributed by atoms with Crippen molar-refractivity contribution in [2.45, 2.75) is 21.1 Å². The number of allylic oxidation sites excluding steroid dienone is 4. The summed E-state index contributed by atoms with van der Waals surface area (Å²) in [6, 6.07) is 4.22. The van der Waals surface area contributed by atoms with Gasteiger partial charge in [0.05, 0.1) is 22.0 Å². The summed E-state index contributed by atoms with van der Waals surface area (Å²) in [4.78, 5) is 41.2. The molecule has 0 aromatic heterocycles. The molecule has 7 nitrogen and oxygen atoms in total. The third kappa shape index (κ3) is 6.18. The highest BCUT2D eigenvalue weighted by Crippen LogP contribution is 2.49. The van der Waals surface area contributed by atoms with Crippen molar-refractivity contribution in [2.75, 3.05) is 30.5 Å². The van der Waals surface area contributed by atoms with Gasteiger partial charge in [0, 0.05) is 21.2 Å². The van der Waals surface area contributed by atoms with Gasteiger partial charge in [0.25, 0.3) is 5.91 Å². The summed E-state index contributed by atoms with van der Waals surface area (Å²) in [5, 5.41) is 19.0. The van der Waals surface area contributed by atoms with Crippen LogP contribution in [0.1, 0.15) is 6.42 Å². The van der Waals surface area contributed by atoms with Crippen LogP contribution >= 0.6 is 59.3 Å². The molecule has 1 aromatic rings. The number of amides is 1. The Morgan fingerprint density at radius 1 is 1.03 bits per heavy atom. The number of rotatable bonds is 9. The lowest BCUT2D eigenvalue weighted by atomic mass is 10.2. The van der Waals surface area contributed by atoms with E-state index in [1.54, 1.807) is 53.5 Å². The van der Waals surface area contributed by atoms with E-state index in [1.807, 2.05) is 23.5 Å². The first-order chi connectivity index (χ1) is 15.7. The van der Waals surface area contributed by atoms with Crippen molar-refractivity contribution < 1.29 is 24.6 Å². The lowest BCUT2D eigenvalue weighted by Crippen LogP contribution is -2.33. The summed E-state index contributed by atoms with van der Waals surface area (Å²) >= 11 is 11.1. The molecule has 0 aliphatic carbocycles. The number of fused-ring (bicyclic) bond motifs is 1. The maximum atomic E-state index is 12.3. The number of hydrogen-bond acceptors (Lipinski definition) is 9. The van der Waals surface area contributed by atoms with Crippen molar-refractivity contribution >= 4 is 87.1 Å². The van der Waals surface area contributed by atoms with Gasteiger partial charge < -0.3 is 15.1 Å². The number of thiocarbonyl (C=S) groups is 1. The molecule has 33 heavy (non-hydrogen) atoms. The molecular weight excluding hydrogens is 521 g/mol. The topological polar surface area (TPSA) is 98.2 Å². The second-order valence-corrected chi connectivity index (χ2v) is 11.1. The van der Waals surface area contributed by atoms with E-state index < -0.39 is 24.4 Å². The predicted octanol–water partition coefficient (Wildman–Crippen LogP) is 4.74. The number of carboxylic acids is 2. The molecule has 0 atom stereocenters. The van der Waals surface area contributed by atoms with E-state index in [-0.39, 0.29) is 10.7 Å². The Hall–Kier alpha value is -1.86. The van der Waals surface area contributed by atoms with E-state index in [4.69, 9.17) is 17.3 Å². The first-order valence-electron chi connectivity index (χ1n) is 9.52. The molecule has 1 saturated heterocycles. The zero-order valence-corrected chi connectivity index (χ0v) is 21.7. The van der Waals surface area contributed by atoms with Gasteiger partial charge in [-0.2, -0.15) is 0 Å². The number of thioether (sulfide) groups is 4. The van der Waals surface area contributed by atoms with E-state index in [0.717, 1.165) is 37.2 Å². The summed E-state index contributed by atoms with van der Waals surface area (Å²) in [6.07, 6.45) is 11.0. The van der Waals surface area contributed by atoms with Gasteiger partial charge in [-0.05, 0) is 36.8 Å². The molecule has 3 rings (SSSR count). The number of hydrogen-bond donors (Lipinski definition) is 2. The van der Waals surface area contributed by atoms with Gasteiger partial charge in [-0.15, -0.1) is 23.5 Å². The smallest absolute Gasteiger partial charge is 0.323 e. The molecule has 0 radical (unpaired) electrons. The standard InChI is InChI=1S/C21H20N2O5S5/c1-30-15-9-12-14(10-16(15)31-2)32-17(22(12)8-7-18(24)25)6-4-3-5-13-20(28)23(11-19(26)27)21(29)33-13/h3-6,9-10H,7-8,11H2,1-2H3,(H,24,25)(H,26,27). The zero-order valence-electron chi connectivity index (χ0n) is 17.6. The normalized spacial score (nSPS) is 18.2. The van der Waals surface area contributed by atoms with E-state index in [2.05, 4.69) is 12.1 Å².